The summed E-state index contributed by atoms with van der Waals surface area (Å²) in [5, 5.41) is 7.78. The average molecular weight is 258 g/mol. The number of pyridine rings is 1. The number of nitrogens with zero attached hydrogens (tertiary/aromatic N) is 3. The summed E-state index contributed by atoms with van der Waals surface area (Å²) in [6.45, 7) is 6.12. The Morgan fingerprint density at radius 2 is 1.95 bits per heavy atom. The monoisotopic (exact) mass is 258 g/mol. The second-order valence-electron chi connectivity index (χ2n) is 5.07. The predicted octanol–water partition coefficient (Wildman–Crippen LogP) is 2.24. The van der Waals surface area contributed by atoms with E-state index in [1.807, 2.05) is 32.6 Å². The Bertz CT molecular complexity index is 572. The Labute approximate surface area is 114 Å². The van der Waals surface area contributed by atoms with Crippen molar-refractivity contribution < 1.29 is 0 Å². The fraction of sp³-hybridized carbons (Fsp3) is 0.467. The van der Waals surface area contributed by atoms with Crippen molar-refractivity contribution in [1.82, 2.24) is 20.1 Å². The minimum Gasteiger partial charge on any atom is -0.313 e. The van der Waals surface area contributed by atoms with Crippen LogP contribution in [0, 0.1) is 20.8 Å². The predicted molar refractivity (Wildman–Crippen MR) is 77.2 cm³/mol. The first-order valence-corrected chi connectivity index (χ1v) is 6.62. The normalized spacial score (nSPS) is 12.7. The molecule has 2 aromatic heterocycles. The van der Waals surface area contributed by atoms with Crippen molar-refractivity contribution in [2.75, 3.05) is 7.05 Å². The highest BCUT2D eigenvalue weighted by molar-refractivity contribution is 5.27. The first kappa shape index (κ1) is 13.7. The number of hydrogen-bond donors (Lipinski definition) is 1. The summed E-state index contributed by atoms with van der Waals surface area (Å²) >= 11 is 0. The van der Waals surface area contributed by atoms with Gasteiger partial charge in [0.05, 0.1) is 5.69 Å². The first-order valence-electron chi connectivity index (χ1n) is 6.62. The smallest absolute Gasteiger partial charge is 0.0596 e. The van der Waals surface area contributed by atoms with E-state index >= 15 is 0 Å². The third-order valence-corrected chi connectivity index (χ3v) is 3.50. The molecule has 0 aliphatic heterocycles. The van der Waals surface area contributed by atoms with Gasteiger partial charge in [-0.15, -0.1) is 0 Å². The standard InChI is InChI=1S/C15H22N4/c1-10-6-7-14(12(3)17-10)15(16-4)9-13-8-11(2)18-19(13)5/h6-8,15-16H,9H2,1-5H3. The fourth-order valence-corrected chi connectivity index (χ4v) is 2.50. The maximum Gasteiger partial charge on any atom is 0.0596 e. The van der Waals surface area contributed by atoms with Crippen LogP contribution in [0.4, 0.5) is 0 Å². The molecule has 19 heavy (non-hydrogen) atoms. The Morgan fingerprint density at radius 3 is 2.47 bits per heavy atom. The summed E-state index contributed by atoms with van der Waals surface area (Å²) in [4.78, 5) is 4.55. The Balaban J connectivity index is 2.27. The van der Waals surface area contributed by atoms with Crippen LogP contribution < -0.4 is 5.32 Å². The van der Waals surface area contributed by atoms with E-state index in [0.29, 0.717) is 0 Å². The van der Waals surface area contributed by atoms with Crippen LogP contribution >= 0.6 is 0 Å². The summed E-state index contributed by atoms with van der Waals surface area (Å²) in [6.07, 6.45) is 0.916. The van der Waals surface area contributed by atoms with Gasteiger partial charge in [-0.25, -0.2) is 0 Å². The number of rotatable bonds is 4. The molecule has 0 aliphatic carbocycles. The lowest BCUT2D eigenvalue weighted by Crippen LogP contribution is -2.21. The molecule has 102 valence electrons. The van der Waals surface area contributed by atoms with E-state index in [0.717, 1.165) is 23.5 Å². The van der Waals surface area contributed by atoms with Crippen LogP contribution in [0.25, 0.3) is 0 Å². The Kier molecular flexibility index (Phi) is 4.00. The Hall–Kier alpha value is -1.68. The Morgan fingerprint density at radius 1 is 1.21 bits per heavy atom. The molecule has 2 aromatic rings. The summed E-state index contributed by atoms with van der Waals surface area (Å²) in [5.41, 5.74) is 5.71. The second kappa shape index (κ2) is 5.53. The molecule has 0 saturated carbocycles. The van der Waals surface area contributed by atoms with Gasteiger partial charge in [-0.3, -0.25) is 9.67 Å². The zero-order chi connectivity index (χ0) is 14.0. The molecule has 0 amide bonds. The van der Waals surface area contributed by atoms with Gasteiger partial charge in [0.15, 0.2) is 0 Å². The topological polar surface area (TPSA) is 42.7 Å². The van der Waals surface area contributed by atoms with Gasteiger partial charge in [-0.1, -0.05) is 6.07 Å². The largest absolute Gasteiger partial charge is 0.313 e. The van der Waals surface area contributed by atoms with Crippen molar-refractivity contribution >= 4 is 0 Å². The molecule has 2 rings (SSSR count). The van der Waals surface area contributed by atoms with Gasteiger partial charge in [0, 0.05) is 36.6 Å². The molecule has 0 bridgehead atoms. The molecular weight excluding hydrogens is 236 g/mol. The molecule has 0 spiro atoms. The summed E-state index contributed by atoms with van der Waals surface area (Å²) in [5.74, 6) is 0. The van der Waals surface area contributed by atoms with Crippen molar-refractivity contribution in [3.05, 3.63) is 46.5 Å². The van der Waals surface area contributed by atoms with Gasteiger partial charge in [-0.2, -0.15) is 5.10 Å². The summed E-state index contributed by atoms with van der Waals surface area (Å²) < 4.78 is 1.95. The lowest BCUT2D eigenvalue weighted by atomic mass is 10.0. The highest BCUT2D eigenvalue weighted by atomic mass is 15.3. The van der Waals surface area contributed by atoms with Crippen LogP contribution in [-0.2, 0) is 13.5 Å². The molecule has 4 nitrogen and oxygen atoms in total. The first-order chi connectivity index (χ1) is 9.01. The minimum absolute atomic E-state index is 0.267. The zero-order valence-corrected chi connectivity index (χ0v) is 12.4. The molecule has 1 N–H and O–H groups in total. The molecule has 0 fully saturated rings. The van der Waals surface area contributed by atoms with Crippen LogP contribution in [0.3, 0.4) is 0 Å². The molecule has 1 unspecified atom stereocenters. The van der Waals surface area contributed by atoms with Crippen molar-refractivity contribution in [3.8, 4) is 0 Å². The van der Waals surface area contributed by atoms with Crippen molar-refractivity contribution in [1.29, 1.82) is 0 Å². The number of hydrogen-bond acceptors (Lipinski definition) is 3. The van der Waals surface area contributed by atoms with E-state index in [4.69, 9.17) is 0 Å². The van der Waals surface area contributed by atoms with Crippen molar-refractivity contribution in [3.63, 3.8) is 0 Å². The lowest BCUT2D eigenvalue weighted by Gasteiger charge is -2.18. The van der Waals surface area contributed by atoms with Crippen LogP contribution in [0.5, 0.6) is 0 Å². The van der Waals surface area contributed by atoms with Gasteiger partial charge >= 0.3 is 0 Å². The van der Waals surface area contributed by atoms with E-state index < -0.39 is 0 Å². The van der Waals surface area contributed by atoms with E-state index in [9.17, 15) is 0 Å². The molecule has 0 saturated heterocycles. The van der Waals surface area contributed by atoms with Gasteiger partial charge in [0.25, 0.3) is 0 Å². The quantitative estimate of drug-likeness (QED) is 0.914. The maximum absolute atomic E-state index is 4.55. The van der Waals surface area contributed by atoms with Crippen molar-refractivity contribution in [2.24, 2.45) is 7.05 Å². The van der Waals surface area contributed by atoms with Crippen LogP contribution in [0.2, 0.25) is 0 Å². The summed E-state index contributed by atoms with van der Waals surface area (Å²) in [6, 6.07) is 6.65. The van der Waals surface area contributed by atoms with Gasteiger partial charge in [-0.05, 0) is 45.5 Å². The average Bonchev–Trinajstić information content (AvgIpc) is 2.65. The number of nitrogens with one attached hydrogen (secondary N) is 1. The van der Waals surface area contributed by atoms with E-state index in [1.165, 1.54) is 11.3 Å². The highest BCUT2D eigenvalue weighted by Gasteiger charge is 2.15. The van der Waals surface area contributed by atoms with Crippen LogP contribution in [0.1, 0.15) is 34.4 Å². The SMILES string of the molecule is CNC(Cc1cc(C)nn1C)c1ccc(C)nc1C. The zero-order valence-electron chi connectivity index (χ0n) is 12.4. The summed E-state index contributed by atoms with van der Waals surface area (Å²) in [7, 11) is 3.99. The third kappa shape index (κ3) is 3.01. The second-order valence-corrected chi connectivity index (χ2v) is 5.07. The molecule has 0 aliphatic rings. The van der Waals surface area contributed by atoms with E-state index in [-0.39, 0.29) is 6.04 Å². The maximum atomic E-state index is 4.55. The number of aryl methyl sites for hydroxylation is 4. The lowest BCUT2D eigenvalue weighted by molar-refractivity contribution is 0.556. The van der Waals surface area contributed by atoms with Gasteiger partial charge in [0.2, 0.25) is 0 Å². The highest BCUT2D eigenvalue weighted by Crippen LogP contribution is 2.21. The molecule has 1 atom stereocenters. The van der Waals surface area contributed by atoms with E-state index in [1.54, 1.807) is 0 Å². The minimum atomic E-state index is 0.267. The third-order valence-electron chi connectivity index (χ3n) is 3.50. The van der Waals surface area contributed by atoms with Gasteiger partial charge in [0.1, 0.15) is 0 Å². The molecule has 0 aromatic carbocycles. The molecule has 2 heterocycles. The van der Waals surface area contributed by atoms with Crippen LogP contribution in [-0.4, -0.2) is 21.8 Å². The van der Waals surface area contributed by atoms with Crippen LogP contribution in [0.15, 0.2) is 18.2 Å². The fourth-order valence-electron chi connectivity index (χ4n) is 2.50. The molecule has 4 heteroatoms. The molecular formula is C15H22N4. The number of aromatic nitrogens is 3. The number of likely N-dealkylation sites (N-methyl/N-ethyl adjacent to an activating group) is 1. The van der Waals surface area contributed by atoms with Gasteiger partial charge < -0.3 is 5.32 Å². The molecule has 0 radical (unpaired) electrons. The van der Waals surface area contributed by atoms with Crippen molar-refractivity contribution in [2.45, 2.75) is 33.2 Å². The van der Waals surface area contributed by atoms with E-state index in [2.05, 4.69) is 40.5 Å².